The van der Waals surface area contributed by atoms with Gasteiger partial charge in [0.15, 0.2) is 5.16 Å². The third-order valence-electron chi connectivity index (χ3n) is 5.00. The van der Waals surface area contributed by atoms with E-state index < -0.39 is 11.7 Å². The molecule has 1 heterocycles. The molecule has 0 aliphatic carbocycles. The summed E-state index contributed by atoms with van der Waals surface area (Å²) in [5.41, 5.74) is 1.73. The van der Waals surface area contributed by atoms with E-state index in [1.54, 1.807) is 16.7 Å². The molecule has 0 saturated carbocycles. The van der Waals surface area contributed by atoms with Crippen molar-refractivity contribution in [3.8, 4) is 5.75 Å². The SMILES string of the molecule is Cc1cccc(OCCn2c(SCC(=O)Nc3ccccc3)nc3cc(C(F)(F)F)ccc32)c1. The molecule has 176 valence electrons. The van der Waals surface area contributed by atoms with Crippen LogP contribution in [0.4, 0.5) is 18.9 Å². The van der Waals surface area contributed by atoms with Gasteiger partial charge in [0.05, 0.1) is 28.9 Å². The van der Waals surface area contributed by atoms with Crippen molar-refractivity contribution in [1.82, 2.24) is 9.55 Å². The highest BCUT2D eigenvalue weighted by Crippen LogP contribution is 2.33. The Bertz CT molecular complexity index is 1290. The van der Waals surface area contributed by atoms with Crippen LogP contribution in [0.15, 0.2) is 78.0 Å². The molecule has 0 unspecified atom stereocenters. The van der Waals surface area contributed by atoms with E-state index in [2.05, 4.69) is 10.3 Å². The topological polar surface area (TPSA) is 56.1 Å². The molecule has 1 amide bonds. The molecule has 0 atom stereocenters. The standard InChI is InChI=1S/C25H22F3N3O2S/c1-17-6-5-9-20(14-17)33-13-12-31-22-11-10-18(25(26,27)28)15-21(22)30-24(31)34-16-23(32)29-19-7-3-2-4-8-19/h2-11,14-15H,12-13,16H2,1H3,(H,29,32). The highest BCUT2D eigenvalue weighted by molar-refractivity contribution is 7.99. The summed E-state index contributed by atoms with van der Waals surface area (Å²) >= 11 is 1.17. The van der Waals surface area contributed by atoms with Gasteiger partial charge < -0.3 is 14.6 Å². The highest BCUT2D eigenvalue weighted by atomic mass is 32.2. The number of hydrogen-bond donors (Lipinski definition) is 1. The van der Waals surface area contributed by atoms with Crippen molar-refractivity contribution in [2.24, 2.45) is 0 Å². The van der Waals surface area contributed by atoms with Gasteiger partial charge in [-0.2, -0.15) is 13.2 Å². The second-order valence-corrected chi connectivity index (χ2v) is 8.56. The van der Waals surface area contributed by atoms with E-state index in [-0.39, 0.29) is 17.2 Å². The molecule has 5 nitrogen and oxygen atoms in total. The van der Waals surface area contributed by atoms with Gasteiger partial charge in [0, 0.05) is 5.69 Å². The maximum absolute atomic E-state index is 13.2. The summed E-state index contributed by atoms with van der Waals surface area (Å²) < 4.78 is 47.2. The smallest absolute Gasteiger partial charge is 0.416 e. The number of fused-ring (bicyclic) bond motifs is 1. The maximum Gasteiger partial charge on any atom is 0.416 e. The number of nitrogens with one attached hydrogen (secondary N) is 1. The summed E-state index contributed by atoms with van der Waals surface area (Å²) in [5, 5.41) is 3.24. The van der Waals surface area contributed by atoms with Gasteiger partial charge >= 0.3 is 6.18 Å². The quantitative estimate of drug-likeness (QED) is 0.303. The average Bonchev–Trinajstić information content (AvgIpc) is 3.15. The first-order valence-corrected chi connectivity index (χ1v) is 11.5. The molecule has 9 heteroatoms. The first-order valence-electron chi connectivity index (χ1n) is 10.5. The van der Waals surface area contributed by atoms with Gasteiger partial charge in [-0.25, -0.2) is 4.98 Å². The van der Waals surface area contributed by atoms with Crippen LogP contribution in [0, 0.1) is 6.92 Å². The molecule has 0 aliphatic rings. The van der Waals surface area contributed by atoms with Crippen LogP contribution in [-0.2, 0) is 17.5 Å². The molecule has 0 aliphatic heterocycles. The summed E-state index contributed by atoms with van der Waals surface area (Å²) in [7, 11) is 0. The Hall–Kier alpha value is -3.46. The molecule has 0 bridgehead atoms. The van der Waals surface area contributed by atoms with Crippen molar-refractivity contribution in [2.75, 3.05) is 17.7 Å². The normalized spacial score (nSPS) is 11.5. The molecule has 0 saturated heterocycles. The first-order chi connectivity index (χ1) is 16.3. The lowest BCUT2D eigenvalue weighted by molar-refractivity contribution is -0.137. The fourth-order valence-corrected chi connectivity index (χ4v) is 4.26. The fraction of sp³-hybridized carbons (Fsp3) is 0.200. The zero-order chi connectivity index (χ0) is 24.1. The van der Waals surface area contributed by atoms with Gasteiger partial charge in [-0.3, -0.25) is 4.79 Å². The molecular formula is C25H22F3N3O2S. The van der Waals surface area contributed by atoms with Gasteiger partial charge in [-0.05, 0) is 55.0 Å². The van der Waals surface area contributed by atoms with Crippen LogP contribution in [0.2, 0.25) is 0 Å². The van der Waals surface area contributed by atoms with Crippen molar-refractivity contribution in [1.29, 1.82) is 0 Å². The van der Waals surface area contributed by atoms with Gasteiger partial charge in [-0.15, -0.1) is 0 Å². The third-order valence-corrected chi connectivity index (χ3v) is 5.98. The zero-order valence-corrected chi connectivity index (χ0v) is 19.1. The van der Waals surface area contributed by atoms with E-state index in [9.17, 15) is 18.0 Å². The van der Waals surface area contributed by atoms with Crippen LogP contribution in [0.1, 0.15) is 11.1 Å². The molecule has 1 aromatic heterocycles. The van der Waals surface area contributed by atoms with Crippen LogP contribution in [0.25, 0.3) is 11.0 Å². The highest BCUT2D eigenvalue weighted by Gasteiger charge is 2.31. The number of anilines is 1. The summed E-state index contributed by atoms with van der Waals surface area (Å²) in [6, 6.07) is 20.1. The molecule has 0 radical (unpaired) electrons. The number of rotatable bonds is 8. The molecule has 0 spiro atoms. The number of thioether (sulfide) groups is 1. The van der Waals surface area contributed by atoms with Crippen LogP contribution in [0.3, 0.4) is 0 Å². The van der Waals surface area contributed by atoms with Crippen molar-refractivity contribution in [3.05, 3.63) is 83.9 Å². The lowest BCUT2D eigenvalue weighted by atomic mass is 10.2. The van der Waals surface area contributed by atoms with Crippen molar-refractivity contribution in [2.45, 2.75) is 24.8 Å². The monoisotopic (exact) mass is 485 g/mol. The number of benzene rings is 3. The second kappa shape index (κ2) is 10.2. The number of amides is 1. The Morgan fingerprint density at radius 3 is 2.59 bits per heavy atom. The molecule has 4 aromatic rings. The number of para-hydroxylation sites is 1. The Morgan fingerprint density at radius 1 is 1.06 bits per heavy atom. The minimum Gasteiger partial charge on any atom is -0.492 e. The van der Waals surface area contributed by atoms with E-state index in [4.69, 9.17) is 4.74 Å². The molecule has 3 aromatic carbocycles. The van der Waals surface area contributed by atoms with Crippen molar-refractivity contribution < 1.29 is 22.7 Å². The number of imidazole rings is 1. The Kier molecular flexibility index (Phi) is 7.12. The number of nitrogens with zero attached hydrogens (tertiary/aromatic N) is 2. The summed E-state index contributed by atoms with van der Waals surface area (Å²) in [6.07, 6.45) is -4.46. The Balaban J connectivity index is 1.53. The number of aromatic nitrogens is 2. The minimum absolute atomic E-state index is 0.0586. The summed E-state index contributed by atoms with van der Waals surface area (Å²) in [5.74, 6) is 0.533. The lowest BCUT2D eigenvalue weighted by Gasteiger charge is -2.11. The van der Waals surface area contributed by atoms with E-state index in [0.717, 1.165) is 17.7 Å². The molecule has 0 fully saturated rings. The first kappa shape index (κ1) is 23.7. The number of carbonyl (C=O) groups is 1. The van der Waals surface area contributed by atoms with E-state index in [0.29, 0.717) is 35.3 Å². The van der Waals surface area contributed by atoms with Crippen molar-refractivity contribution in [3.63, 3.8) is 0 Å². The molecule has 1 N–H and O–H groups in total. The summed E-state index contributed by atoms with van der Waals surface area (Å²) in [4.78, 5) is 16.8. The van der Waals surface area contributed by atoms with E-state index in [1.807, 2.05) is 49.4 Å². The fourth-order valence-electron chi connectivity index (χ4n) is 3.42. The number of aryl methyl sites for hydroxylation is 1. The van der Waals surface area contributed by atoms with Gasteiger partial charge in [0.25, 0.3) is 0 Å². The Morgan fingerprint density at radius 2 is 1.85 bits per heavy atom. The largest absolute Gasteiger partial charge is 0.492 e. The van der Waals surface area contributed by atoms with Crippen LogP contribution >= 0.6 is 11.8 Å². The maximum atomic E-state index is 13.2. The predicted molar refractivity (Wildman–Crippen MR) is 127 cm³/mol. The van der Waals surface area contributed by atoms with Crippen LogP contribution in [-0.4, -0.2) is 27.8 Å². The third kappa shape index (κ3) is 5.91. The number of alkyl halides is 3. The van der Waals surface area contributed by atoms with Crippen molar-refractivity contribution >= 4 is 34.4 Å². The second-order valence-electron chi connectivity index (χ2n) is 7.62. The van der Waals surface area contributed by atoms with E-state index >= 15 is 0 Å². The van der Waals surface area contributed by atoms with E-state index in [1.165, 1.54) is 17.8 Å². The molecular weight excluding hydrogens is 463 g/mol. The molecule has 34 heavy (non-hydrogen) atoms. The predicted octanol–water partition coefficient (Wildman–Crippen LogP) is 6.17. The Labute approximate surface area is 199 Å². The van der Waals surface area contributed by atoms with Gasteiger partial charge in [0.1, 0.15) is 12.4 Å². The van der Waals surface area contributed by atoms with Crippen LogP contribution in [0.5, 0.6) is 5.75 Å². The number of hydrogen-bond acceptors (Lipinski definition) is 4. The average molecular weight is 486 g/mol. The number of halogens is 3. The van der Waals surface area contributed by atoms with Gasteiger partial charge in [0.2, 0.25) is 5.91 Å². The number of ether oxygens (including phenoxy) is 1. The van der Waals surface area contributed by atoms with Crippen LogP contribution < -0.4 is 10.1 Å². The summed E-state index contributed by atoms with van der Waals surface area (Å²) in [6.45, 7) is 2.61. The number of carbonyl (C=O) groups excluding carboxylic acids is 1. The lowest BCUT2D eigenvalue weighted by Crippen LogP contribution is -2.15. The van der Waals surface area contributed by atoms with Gasteiger partial charge in [-0.1, -0.05) is 42.1 Å². The zero-order valence-electron chi connectivity index (χ0n) is 18.3. The minimum atomic E-state index is -4.46. The molecule has 4 rings (SSSR count).